The SMILES string of the molecule is CC[C@H]1[C@@H](O)[C@@H]2[C@H](CC[C@]3(C)[C@@H]([C@H](C)COC(=O)NS(=O)(=O)c4ccc(N5CC6CCC(C5)O6)cc4)CC[C@@H]23)[C@@]2(C)CC[C@@H](O)C[C@@H]12. The number of rotatable bonds is 7. The third-order valence-corrected chi connectivity index (χ3v) is 15.7. The van der Waals surface area contributed by atoms with Crippen molar-refractivity contribution in [1.82, 2.24) is 4.72 Å². The molecule has 9 nitrogen and oxygen atoms in total. The minimum absolute atomic E-state index is 0.0326. The standard InChI is InChI=1S/C37H56N2O7S/c1-5-28-32-18-24(40)14-16-37(32,4)31-15-17-36(3)29(12-13-30(36)33(31)34(28)41)22(2)21-45-35(42)38-47(43,44)27-10-6-23(7-11-27)39-19-25-8-9-26(20-39)46-25/h6-7,10-11,22,24-26,28-34,40-41H,5,8-9,12-21H2,1-4H3,(H,38,42)/t22-,24-,25?,26?,28-,29-,30+,31+,32+,33+,34-,36-,37-/m1/s1. The first-order valence-corrected chi connectivity index (χ1v) is 19.9. The Hall–Kier alpha value is -1.88. The van der Waals surface area contributed by atoms with Crippen LogP contribution in [-0.2, 0) is 19.5 Å². The molecule has 0 aromatic heterocycles. The van der Waals surface area contributed by atoms with Crippen LogP contribution in [0.1, 0.15) is 91.9 Å². The molecule has 0 radical (unpaired) electrons. The number of anilines is 1. The van der Waals surface area contributed by atoms with Crippen LogP contribution in [0.3, 0.4) is 0 Å². The van der Waals surface area contributed by atoms with Gasteiger partial charge in [0.25, 0.3) is 10.0 Å². The minimum atomic E-state index is -4.07. The molecule has 1 amide bonds. The lowest BCUT2D eigenvalue weighted by atomic mass is 9.41. The van der Waals surface area contributed by atoms with E-state index in [0.29, 0.717) is 23.7 Å². The van der Waals surface area contributed by atoms with Gasteiger partial charge in [0.1, 0.15) is 0 Å². The van der Waals surface area contributed by atoms with Crippen molar-refractivity contribution in [2.75, 3.05) is 24.6 Å². The number of nitrogens with one attached hydrogen (secondary N) is 1. The molecule has 0 spiro atoms. The largest absolute Gasteiger partial charge is 0.449 e. The molecule has 1 aromatic rings. The molecule has 7 rings (SSSR count). The van der Waals surface area contributed by atoms with Crippen LogP contribution >= 0.6 is 0 Å². The van der Waals surface area contributed by atoms with Gasteiger partial charge in [-0.05, 0) is 134 Å². The number of carbonyl (C=O) groups is 1. The van der Waals surface area contributed by atoms with Crippen molar-refractivity contribution in [3.05, 3.63) is 24.3 Å². The quantitative estimate of drug-likeness (QED) is 0.336. The number of carbonyl (C=O) groups excluding carboxylic acids is 1. The normalized spacial score (nSPS) is 43.4. The van der Waals surface area contributed by atoms with Crippen molar-refractivity contribution in [3.8, 4) is 0 Å². The van der Waals surface area contributed by atoms with Gasteiger partial charge in [-0.2, -0.15) is 0 Å². The second-order valence-corrected chi connectivity index (χ2v) is 18.3. The fourth-order valence-corrected chi connectivity index (χ4v) is 13.0. The Bertz CT molecular complexity index is 1410. The van der Waals surface area contributed by atoms with Gasteiger partial charge in [-0.25, -0.2) is 17.9 Å². The molecule has 13 atom stereocenters. The van der Waals surface area contributed by atoms with Gasteiger partial charge in [-0.1, -0.05) is 34.1 Å². The highest BCUT2D eigenvalue weighted by molar-refractivity contribution is 7.90. The summed E-state index contributed by atoms with van der Waals surface area (Å²) in [7, 11) is -4.07. The lowest BCUT2D eigenvalue weighted by Gasteiger charge is -2.64. The average Bonchev–Trinajstić information content (AvgIpc) is 3.58. The molecule has 10 heteroatoms. The van der Waals surface area contributed by atoms with Crippen LogP contribution in [0.15, 0.2) is 29.2 Å². The van der Waals surface area contributed by atoms with E-state index in [1.165, 1.54) is 0 Å². The lowest BCUT2D eigenvalue weighted by Crippen LogP contribution is -2.62. The molecule has 2 aliphatic heterocycles. The number of hydrogen-bond acceptors (Lipinski definition) is 8. The Balaban J connectivity index is 0.968. The Labute approximate surface area is 281 Å². The number of amides is 1. The summed E-state index contributed by atoms with van der Waals surface area (Å²) >= 11 is 0. The maximum atomic E-state index is 13.1. The van der Waals surface area contributed by atoms with Crippen LogP contribution in [0.25, 0.3) is 0 Å². The fourth-order valence-electron chi connectivity index (χ4n) is 12.1. The summed E-state index contributed by atoms with van der Waals surface area (Å²) in [5.41, 5.74) is 1.14. The number of hydrogen-bond donors (Lipinski definition) is 3. The molecule has 4 saturated carbocycles. The zero-order valence-corrected chi connectivity index (χ0v) is 29.5. The summed E-state index contributed by atoms with van der Waals surface area (Å²) in [5.74, 6) is 2.11. The van der Waals surface area contributed by atoms with E-state index in [-0.39, 0.29) is 64.5 Å². The van der Waals surface area contributed by atoms with Crippen molar-refractivity contribution >= 4 is 21.8 Å². The Kier molecular flexibility index (Phi) is 8.91. The molecule has 6 fully saturated rings. The summed E-state index contributed by atoms with van der Waals surface area (Å²) in [4.78, 5) is 15.1. The van der Waals surface area contributed by atoms with Gasteiger partial charge in [-0.15, -0.1) is 0 Å². The Morgan fingerprint density at radius 3 is 2.32 bits per heavy atom. The van der Waals surface area contributed by atoms with Crippen molar-refractivity contribution in [2.24, 2.45) is 52.3 Å². The van der Waals surface area contributed by atoms with Crippen LogP contribution in [0.4, 0.5) is 10.5 Å². The van der Waals surface area contributed by atoms with Crippen LogP contribution in [-0.4, -0.2) is 68.8 Å². The van der Waals surface area contributed by atoms with E-state index >= 15 is 0 Å². The van der Waals surface area contributed by atoms with Gasteiger partial charge in [-0.3, -0.25) is 0 Å². The molecule has 6 aliphatic rings. The van der Waals surface area contributed by atoms with Crippen molar-refractivity contribution in [2.45, 2.75) is 121 Å². The predicted octanol–water partition coefficient (Wildman–Crippen LogP) is 5.73. The maximum absolute atomic E-state index is 13.1. The third kappa shape index (κ3) is 5.80. The van der Waals surface area contributed by atoms with E-state index in [9.17, 15) is 23.4 Å². The molecule has 2 bridgehead atoms. The number of sulfonamides is 1. The van der Waals surface area contributed by atoms with Crippen molar-refractivity contribution in [3.63, 3.8) is 0 Å². The van der Waals surface area contributed by atoms with E-state index in [1.54, 1.807) is 24.3 Å². The number of fused-ring (bicyclic) bond motifs is 7. The van der Waals surface area contributed by atoms with Gasteiger partial charge in [0, 0.05) is 18.8 Å². The van der Waals surface area contributed by atoms with Gasteiger partial charge in [0.05, 0.1) is 35.9 Å². The molecule has 2 heterocycles. The monoisotopic (exact) mass is 672 g/mol. The zero-order chi connectivity index (χ0) is 33.3. The highest BCUT2D eigenvalue weighted by atomic mass is 32.2. The van der Waals surface area contributed by atoms with E-state index < -0.39 is 16.1 Å². The first-order valence-electron chi connectivity index (χ1n) is 18.4. The van der Waals surface area contributed by atoms with E-state index in [0.717, 1.165) is 83.0 Å². The summed E-state index contributed by atoms with van der Waals surface area (Å²) in [6.45, 7) is 10.9. The Morgan fingerprint density at radius 1 is 0.979 bits per heavy atom. The summed E-state index contributed by atoms with van der Waals surface area (Å²) in [6.07, 6.45) is 8.96. The summed E-state index contributed by atoms with van der Waals surface area (Å²) in [6, 6.07) is 6.68. The van der Waals surface area contributed by atoms with E-state index in [2.05, 4.69) is 37.3 Å². The molecule has 1 aromatic carbocycles. The Morgan fingerprint density at radius 2 is 1.64 bits per heavy atom. The van der Waals surface area contributed by atoms with Crippen LogP contribution in [0, 0.1) is 52.3 Å². The van der Waals surface area contributed by atoms with Crippen LogP contribution < -0.4 is 9.62 Å². The van der Waals surface area contributed by atoms with Gasteiger partial charge >= 0.3 is 6.09 Å². The maximum Gasteiger partial charge on any atom is 0.421 e. The van der Waals surface area contributed by atoms with Crippen LogP contribution in [0.2, 0.25) is 0 Å². The summed E-state index contributed by atoms with van der Waals surface area (Å²) in [5, 5.41) is 22.5. The smallest absolute Gasteiger partial charge is 0.421 e. The number of morpholine rings is 1. The lowest BCUT2D eigenvalue weighted by molar-refractivity contribution is -0.203. The number of benzene rings is 1. The molecule has 4 aliphatic carbocycles. The molecule has 262 valence electrons. The van der Waals surface area contributed by atoms with Crippen LogP contribution in [0.5, 0.6) is 0 Å². The number of aliphatic hydroxyl groups is 2. The summed E-state index contributed by atoms with van der Waals surface area (Å²) < 4.78 is 39.7. The second kappa shape index (κ2) is 12.5. The van der Waals surface area contributed by atoms with Gasteiger partial charge < -0.3 is 24.6 Å². The first-order chi connectivity index (χ1) is 22.3. The number of nitrogens with zero attached hydrogens (tertiary/aromatic N) is 1. The molecular formula is C37H56N2O7S. The van der Waals surface area contributed by atoms with Crippen molar-refractivity contribution < 1.29 is 32.9 Å². The average molecular weight is 673 g/mol. The van der Waals surface area contributed by atoms with E-state index in [1.807, 2.05) is 0 Å². The predicted molar refractivity (Wildman–Crippen MR) is 179 cm³/mol. The number of ether oxygens (including phenoxy) is 2. The van der Waals surface area contributed by atoms with Gasteiger partial charge in [0.2, 0.25) is 0 Å². The van der Waals surface area contributed by atoms with Gasteiger partial charge in [0.15, 0.2) is 0 Å². The molecule has 2 unspecified atom stereocenters. The third-order valence-electron chi connectivity index (χ3n) is 14.4. The first kappa shape index (κ1) is 33.6. The topological polar surface area (TPSA) is 125 Å². The highest BCUT2D eigenvalue weighted by Crippen LogP contribution is 2.69. The molecule has 47 heavy (non-hydrogen) atoms. The second-order valence-electron chi connectivity index (χ2n) is 16.7. The molecule has 3 N–H and O–H groups in total. The van der Waals surface area contributed by atoms with Crippen molar-refractivity contribution in [1.29, 1.82) is 0 Å². The zero-order valence-electron chi connectivity index (χ0n) is 28.6. The minimum Gasteiger partial charge on any atom is -0.449 e. The number of aliphatic hydroxyl groups excluding tert-OH is 2. The molecular weight excluding hydrogens is 616 g/mol. The molecule has 2 saturated heterocycles. The fraction of sp³-hybridized carbons (Fsp3) is 0.811. The highest BCUT2D eigenvalue weighted by Gasteiger charge is 2.65. The van der Waals surface area contributed by atoms with E-state index in [4.69, 9.17) is 9.47 Å².